The first-order chi connectivity index (χ1) is 18.9. The van der Waals surface area contributed by atoms with Crippen molar-refractivity contribution in [1.82, 2.24) is 0 Å². The number of carboxylic acid groups (broad SMARTS) is 4. The van der Waals surface area contributed by atoms with Crippen LogP contribution < -0.4 is 80.8 Å². The Kier molecular flexibility index (Phi) is 73.0. The van der Waals surface area contributed by atoms with Gasteiger partial charge in [-0.25, -0.2) is 0 Å². The average molecular weight is 625 g/mol. The summed E-state index contributed by atoms with van der Waals surface area (Å²) in [6, 6.07) is 0. The molecule has 0 unspecified atom stereocenters. The largest absolute Gasteiger partial charge is 1.00 e. The molecule has 6 N–H and O–H groups in total. The molecule has 12 heteroatoms. The summed E-state index contributed by atoms with van der Waals surface area (Å²) in [4.78, 5) is 39.3. The van der Waals surface area contributed by atoms with Crippen molar-refractivity contribution in [2.75, 3.05) is 0 Å². The van der Waals surface area contributed by atoms with Gasteiger partial charge in [0, 0.05) is 24.8 Å². The van der Waals surface area contributed by atoms with Crippen LogP contribution in [0.2, 0.25) is 0 Å². The van der Waals surface area contributed by atoms with Crippen LogP contribution in [-0.2, 0) is 19.2 Å². The van der Waals surface area contributed by atoms with Gasteiger partial charge in [-0.1, -0.05) is 105 Å². The van der Waals surface area contributed by atoms with Gasteiger partial charge in [-0.15, -0.1) is 0 Å². The number of nitrogens with two attached hydrogens (primary N) is 2. The van der Waals surface area contributed by atoms with Crippen LogP contribution in [0.15, 0.2) is 0 Å². The third-order valence-electron chi connectivity index (χ3n) is 5.10. The van der Waals surface area contributed by atoms with E-state index in [0.29, 0.717) is 12.8 Å². The minimum Gasteiger partial charge on any atom is -0.550 e. The van der Waals surface area contributed by atoms with Crippen molar-refractivity contribution in [2.45, 2.75) is 169 Å². The predicted octanol–water partition coefficient (Wildman–Crippen LogP) is -1.25. The number of hydrogen-bond acceptors (Lipinski definition) is 8. The Hall–Kier alpha value is -0.200. The van der Waals surface area contributed by atoms with Crippen LogP contribution in [0.25, 0.3) is 0 Å². The fourth-order valence-electron chi connectivity index (χ4n) is 2.72. The Morgan fingerprint density at radius 1 is 0.500 bits per heavy atom. The van der Waals surface area contributed by atoms with E-state index in [4.69, 9.17) is 21.7 Å². The first-order valence-corrected chi connectivity index (χ1v) is 15.2. The van der Waals surface area contributed by atoms with E-state index in [1.807, 2.05) is 13.8 Å². The van der Waals surface area contributed by atoms with E-state index in [0.717, 1.165) is 83.5 Å². The van der Waals surface area contributed by atoms with Crippen LogP contribution in [0.3, 0.4) is 0 Å². The summed E-state index contributed by atoms with van der Waals surface area (Å²) >= 11 is 0. The molecule has 0 aromatic heterocycles. The fourth-order valence-corrected chi connectivity index (χ4v) is 2.72. The summed E-state index contributed by atoms with van der Waals surface area (Å²) in [6.07, 6.45) is 17.2. The maximum absolute atomic E-state index is 9.87. The average Bonchev–Trinajstić information content (AvgIpc) is 2.86. The monoisotopic (exact) mass is 624 g/mol. The number of unbranched alkanes of at least 4 members (excludes halogenated alkanes) is 10. The molecule has 0 spiro atoms. The zero-order valence-electron chi connectivity index (χ0n) is 28.2. The van der Waals surface area contributed by atoms with E-state index < -0.39 is 23.9 Å². The summed E-state index contributed by atoms with van der Waals surface area (Å²) in [7, 11) is 0. The van der Waals surface area contributed by atoms with Crippen LogP contribution in [0, 0.1) is 0 Å². The SMILES string of the molecule is CCCCCC(=O)O.CCCCCC(=O)O.CCCCCC(=O)[O-].CCCCCC(=O)[O-].CCCCCC(N)N.[Na+].[Na+]. The van der Waals surface area contributed by atoms with Crippen molar-refractivity contribution in [2.24, 2.45) is 11.5 Å². The Morgan fingerprint density at radius 3 is 0.929 bits per heavy atom. The number of carbonyl (C=O) groups excluding carboxylic acids is 2. The third kappa shape index (κ3) is 97.4. The molecule has 0 saturated heterocycles. The zero-order valence-corrected chi connectivity index (χ0v) is 32.2. The van der Waals surface area contributed by atoms with Crippen molar-refractivity contribution in [1.29, 1.82) is 0 Å². The van der Waals surface area contributed by atoms with Gasteiger partial charge >= 0.3 is 71.1 Å². The molecular weight excluding hydrogens is 562 g/mol. The molecule has 42 heavy (non-hydrogen) atoms. The summed E-state index contributed by atoms with van der Waals surface area (Å²) < 4.78 is 0. The molecule has 0 heterocycles. The molecule has 0 bridgehead atoms. The molecule has 0 fully saturated rings. The van der Waals surface area contributed by atoms with Gasteiger partial charge in [0.05, 0.1) is 6.17 Å². The van der Waals surface area contributed by atoms with Gasteiger partial charge in [0.2, 0.25) is 0 Å². The molecule has 10 nitrogen and oxygen atoms in total. The van der Waals surface area contributed by atoms with E-state index >= 15 is 0 Å². The maximum atomic E-state index is 9.87. The van der Waals surface area contributed by atoms with Crippen LogP contribution >= 0.6 is 0 Å². The van der Waals surface area contributed by atoms with Gasteiger partial charge in [0.1, 0.15) is 0 Å². The Bertz CT molecular complexity index is 475. The molecule has 0 aromatic rings. The number of rotatable bonds is 20. The molecule has 0 aromatic carbocycles. The molecule has 0 aliphatic rings. The standard InChI is InChI=1S/C6H16N2.4C6H12O2.2Na/c5*1-2-3-4-5-6(7)8;;/h6H,2-5,7-8H2,1H3;4*2-5H2,1H3,(H,7,8);;/q;;;;;2*+1/p-2. The second-order valence-electron chi connectivity index (χ2n) is 9.52. The molecule has 0 radical (unpaired) electrons. The first-order valence-electron chi connectivity index (χ1n) is 15.2. The van der Waals surface area contributed by atoms with Crippen molar-refractivity contribution < 1.29 is 98.7 Å². The molecule has 0 saturated carbocycles. The predicted molar refractivity (Wildman–Crippen MR) is 158 cm³/mol. The van der Waals surface area contributed by atoms with E-state index in [9.17, 15) is 29.4 Å². The third-order valence-corrected chi connectivity index (χ3v) is 5.10. The van der Waals surface area contributed by atoms with E-state index in [1.54, 1.807) is 0 Å². The maximum Gasteiger partial charge on any atom is 1.00 e. The van der Waals surface area contributed by atoms with Gasteiger partial charge in [0.15, 0.2) is 0 Å². The van der Waals surface area contributed by atoms with Crippen molar-refractivity contribution in [3.8, 4) is 0 Å². The minimum absolute atomic E-state index is 0. The quantitative estimate of drug-likeness (QED) is 0.0719. The van der Waals surface area contributed by atoms with Crippen LogP contribution in [-0.4, -0.2) is 40.3 Å². The molecular formula is C30H62N2Na2O8. The van der Waals surface area contributed by atoms with E-state index in [-0.39, 0.29) is 78.1 Å². The fraction of sp³-hybridized carbons (Fsp3) is 0.867. The van der Waals surface area contributed by atoms with Crippen molar-refractivity contribution in [3.63, 3.8) is 0 Å². The van der Waals surface area contributed by atoms with Crippen molar-refractivity contribution >= 4 is 23.9 Å². The number of carboxylic acids is 4. The summed E-state index contributed by atoms with van der Waals surface area (Å²) in [5, 5.41) is 35.8. The number of hydrogen-bond donors (Lipinski definition) is 4. The van der Waals surface area contributed by atoms with E-state index in [1.165, 1.54) is 19.3 Å². The second-order valence-corrected chi connectivity index (χ2v) is 9.52. The Morgan fingerprint density at radius 2 is 0.738 bits per heavy atom. The molecule has 0 aliphatic heterocycles. The Labute approximate surface area is 301 Å². The first kappa shape index (κ1) is 57.5. The van der Waals surface area contributed by atoms with E-state index in [2.05, 4.69) is 20.8 Å². The normalized spacial score (nSPS) is 8.95. The molecule has 242 valence electrons. The zero-order chi connectivity index (χ0) is 32.0. The number of aliphatic carboxylic acids is 4. The van der Waals surface area contributed by atoms with Gasteiger partial charge in [-0.3, -0.25) is 9.59 Å². The summed E-state index contributed by atoms with van der Waals surface area (Å²) in [5.74, 6) is -3.23. The van der Waals surface area contributed by atoms with Gasteiger partial charge < -0.3 is 41.5 Å². The van der Waals surface area contributed by atoms with Crippen LogP contribution in [0.5, 0.6) is 0 Å². The molecule has 0 atom stereocenters. The van der Waals surface area contributed by atoms with Crippen LogP contribution in [0.4, 0.5) is 0 Å². The molecule has 0 aliphatic carbocycles. The number of carbonyl (C=O) groups is 4. The Balaban J connectivity index is -0.0000000721. The topological polar surface area (TPSA) is 207 Å². The van der Waals surface area contributed by atoms with Gasteiger partial charge in [-0.05, 0) is 44.9 Å². The minimum atomic E-state index is -0.932. The van der Waals surface area contributed by atoms with Crippen LogP contribution in [0.1, 0.15) is 163 Å². The molecule has 0 rings (SSSR count). The smallest absolute Gasteiger partial charge is 0.550 e. The molecule has 0 amide bonds. The summed E-state index contributed by atoms with van der Waals surface area (Å²) in [6.45, 7) is 10.4. The van der Waals surface area contributed by atoms with Crippen molar-refractivity contribution in [3.05, 3.63) is 0 Å². The summed E-state index contributed by atoms with van der Waals surface area (Å²) in [5.41, 5.74) is 10.6. The van der Waals surface area contributed by atoms with Gasteiger partial charge in [-0.2, -0.15) is 0 Å². The van der Waals surface area contributed by atoms with Gasteiger partial charge in [0.25, 0.3) is 0 Å². The second kappa shape index (κ2) is 53.4.